The first-order chi connectivity index (χ1) is 8.81. The van der Waals surface area contributed by atoms with Gasteiger partial charge in [-0.25, -0.2) is 0 Å². The van der Waals surface area contributed by atoms with Crippen LogP contribution in [0, 0.1) is 0 Å². The first kappa shape index (κ1) is 18.6. The standard InChI is InChI=1S/C16H32Cl2/c1-2-3-4-5-6-7-8-9-10-11-12-13-14-16(18)15-17/h16H,2-15H2,1H3. The zero-order chi connectivity index (χ0) is 13.5. The van der Waals surface area contributed by atoms with Gasteiger partial charge in [-0.15, -0.1) is 23.2 Å². The fourth-order valence-corrected chi connectivity index (χ4v) is 2.59. The highest BCUT2D eigenvalue weighted by Gasteiger charge is 2.01. The van der Waals surface area contributed by atoms with E-state index < -0.39 is 0 Å². The molecule has 0 aliphatic rings. The number of rotatable bonds is 14. The van der Waals surface area contributed by atoms with Crippen molar-refractivity contribution >= 4 is 23.2 Å². The molecule has 0 N–H and O–H groups in total. The van der Waals surface area contributed by atoms with E-state index >= 15 is 0 Å². The maximum absolute atomic E-state index is 5.97. The molecule has 0 aromatic rings. The molecule has 0 fully saturated rings. The molecule has 0 spiro atoms. The third kappa shape index (κ3) is 14.6. The van der Waals surface area contributed by atoms with Crippen LogP contribution in [0.1, 0.15) is 90.4 Å². The van der Waals surface area contributed by atoms with Gasteiger partial charge in [-0.3, -0.25) is 0 Å². The van der Waals surface area contributed by atoms with Crippen molar-refractivity contribution < 1.29 is 0 Å². The molecular weight excluding hydrogens is 263 g/mol. The highest BCUT2D eigenvalue weighted by atomic mass is 35.5. The Morgan fingerprint density at radius 1 is 0.667 bits per heavy atom. The van der Waals surface area contributed by atoms with E-state index in [2.05, 4.69) is 6.92 Å². The van der Waals surface area contributed by atoms with Gasteiger partial charge in [0.2, 0.25) is 0 Å². The number of halogens is 2. The average Bonchev–Trinajstić information content (AvgIpc) is 2.39. The van der Waals surface area contributed by atoms with Gasteiger partial charge >= 0.3 is 0 Å². The topological polar surface area (TPSA) is 0 Å². The summed E-state index contributed by atoms with van der Waals surface area (Å²) in [6.45, 7) is 2.28. The van der Waals surface area contributed by atoms with Gasteiger partial charge in [-0.05, 0) is 6.42 Å². The molecule has 0 nitrogen and oxygen atoms in total. The molecule has 0 aromatic carbocycles. The van der Waals surface area contributed by atoms with Gasteiger partial charge in [0, 0.05) is 11.3 Å². The SMILES string of the molecule is CCCCCCCCCCCCCCC(Cl)CCl. The highest BCUT2D eigenvalue weighted by Crippen LogP contribution is 2.14. The van der Waals surface area contributed by atoms with Crippen molar-refractivity contribution in [1.82, 2.24) is 0 Å². The molecule has 0 saturated carbocycles. The molecule has 0 rings (SSSR count). The van der Waals surface area contributed by atoms with Crippen LogP contribution in [0.2, 0.25) is 0 Å². The molecule has 1 atom stereocenters. The van der Waals surface area contributed by atoms with Crippen LogP contribution >= 0.6 is 23.2 Å². The lowest BCUT2D eigenvalue weighted by Crippen LogP contribution is -1.99. The van der Waals surface area contributed by atoms with E-state index in [-0.39, 0.29) is 5.38 Å². The summed E-state index contributed by atoms with van der Waals surface area (Å²) in [5.74, 6) is 0.597. The molecule has 0 saturated heterocycles. The Labute approximate surface area is 125 Å². The predicted molar refractivity (Wildman–Crippen MR) is 86.1 cm³/mol. The lowest BCUT2D eigenvalue weighted by molar-refractivity contribution is 0.539. The van der Waals surface area contributed by atoms with Crippen molar-refractivity contribution in [2.45, 2.75) is 95.8 Å². The normalized spacial score (nSPS) is 12.8. The Bertz CT molecular complexity index is 148. The van der Waals surface area contributed by atoms with E-state index in [1.165, 1.54) is 77.0 Å². The van der Waals surface area contributed by atoms with Crippen molar-refractivity contribution in [3.05, 3.63) is 0 Å². The van der Waals surface area contributed by atoms with Crippen LogP contribution in [0.15, 0.2) is 0 Å². The summed E-state index contributed by atoms with van der Waals surface area (Å²) < 4.78 is 0. The number of alkyl halides is 2. The second kappa shape index (κ2) is 15.6. The zero-order valence-corrected chi connectivity index (χ0v) is 13.7. The summed E-state index contributed by atoms with van der Waals surface area (Å²) in [6.07, 6.45) is 17.9. The molecule has 2 heteroatoms. The maximum Gasteiger partial charge on any atom is 0.0471 e. The summed E-state index contributed by atoms with van der Waals surface area (Å²) in [7, 11) is 0. The molecule has 110 valence electrons. The minimum atomic E-state index is 0.190. The molecule has 0 aliphatic carbocycles. The predicted octanol–water partition coefficient (Wildman–Crippen LogP) is 6.92. The van der Waals surface area contributed by atoms with Gasteiger partial charge in [0.1, 0.15) is 0 Å². The number of unbranched alkanes of at least 4 members (excludes halogenated alkanes) is 11. The third-order valence-electron chi connectivity index (χ3n) is 3.54. The third-order valence-corrected chi connectivity index (χ3v) is 4.44. The van der Waals surface area contributed by atoms with E-state index in [4.69, 9.17) is 23.2 Å². The van der Waals surface area contributed by atoms with Crippen LogP contribution in [-0.4, -0.2) is 11.3 Å². The Morgan fingerprint density at radius 2 is 1.06 bits per heavy atom. The van der Waals surface area contributed by atoms with Crippen LogP contribution in [0.25, 0.3) is 0 Å². The lowest BCUT2D eigenvalue weighted by Gasteiger charge is -2.05. The van der Waals surface area contributed by atoms with Gasteiger partial charge in [0.25, 0.3) is 0 Å². The summed E-state index contributed by atoms with van der Waals surface area (Å²) in [6, 6.07) is 0. The fraction of sp³-hybridized carbons (Fsp3) is 1.00. The smallest absolute Gasteiger partial charge is 0.0471 e. The van der Waals surface area contributed by atoms with E-state index in [0.29, 0.717) is 5.88 Å². The second-order valence-electron chi connectivity index (χ2n) is 5.43. The van der Waals surface area contributed by atoms with Crippen molar-refractivity contribution in [3.8, 4) is 0 Å². The van der Waals surface area contributed by atoms with E-state index in [1.807, 2.05) is 0 Å². The zero-order valence-electron chi connectivity index (χ0n) is 12.2. The quantitative estimate of drug-likeness (QED) is 0.241. The minimum Gasteiger partial charge on any atom is -0.125 e. The monoisotopic (exact) mass is 294 g/mol. The summed E-state index contributed by atoms with van der Waals surface area (Å²) >= 11 is 11.6. The Hall–Kier alpha value is 0.580. The van der Waals surface area contributed by atoms with Crippen LogP contribution in [0.4, 0.5) is 0 Å². The van der Waals surface area contributed by atoms with Crippen molar-refractivity contribution in [3.63, 3.8) is 0 Å². The molecule has 0 heterocycles. The van der Waals surface area contributed by atoms with Crippen molar-refractivity contribution in [1.29, 1.82) is 0 Å². The molecule has 1 unspecified atom stereocenters. The van der Waals surface area contributed by atoms with E-state index in [9.17, 15) is 0 Å². The van der Waals surface area contributed by atoms with Crippen LogP contribution in [0.5, 0.6) is 0 Å². The number of hydrogen-bond acceptors (Lipinski definition) is 0. The van der Waals surface area contributed by atoms with Gasteiger partial charge in [0.15, 0.2) is 0 Å². The summed E-state index contributed by atoms with van der Waals surface area (Å²) in [5, 5.41) is 0.190. The molecule has 0 aliphatic heterocycles. The van der Waals surface area contributed by atoms with Crippen LogP contribution < -0.4 is 0 Å². The van der Waals surface area contributed by atoms with E-state index in [0.717, 1.165) is 6.42 Å². The molecule has 0 aromatic heterocycles. The second-order valence-corrected chi connectivity index (χ2v) is 6.36. The van der Waals surface area contributed by atoms with Gasteiger partial charge in [-0.2, -0.15) is 0 Å². The molecule has 0 amide bonds. The molecule has 18 heavy (non-hydrogen) atoms. The van der Waals surface area contributed by atoms with Crippen molar-refractivity contribution in [2.75, 3.05) is 5.88 Å². The Morgan fingerprint density at radius 3 is 1.44 bits per heavy atom. The minimum absolute atomic E-state index is 0.190. The first-order valence-corrected chi connectivity index (χ1v) is 8.98. The summed E-state index contributed by atoms with van der Waals surface area (Å²) in [5.41, 5.74) is 0. The number of hydrogen-bond donors (Lipinski definition) is 0. The van der Waals surface area contributed by atoms with E-state index in [1.54, 1.807) is 0 Å². The Kier molecular flexibility index (Phi) is 16.1. The molecule has 0 bridgehead atoms. The largest absolute Gasteiger partial charge is 0.125 e. The van der Waals surface area contributed by atoms with Gasteiger partial charge in [0.05, 0.1) is 0 Å². The fourth-order valence-electron chi connectivity index (χ4n) is 2.28. The Balaban J connectivity index is 2.94. The average molecular weight is 295 g/mol. The van der Waals surface area contributed by atoms with Crippen LogP contribution in [-0.2, 0) is 0 Å². The van der Waals surface area contributed by atoms with Crippen LogP contribution in [0.3, 0.4) is 0 Å². The van der Waals surface area contributed by atoms with Gasteiger partial charge in [-0.1, -0.05) is 84.0 Å². The first-order valence-electron chi connectivity index (χ1n) is 8.01. The molecular formula is C16H32Cl2. The highest BCUT2D eigenvalue weighted by molar-refractivity contribution is 6.28. The maximum atomic E-state index is 5.97. The molecule has 0 radical (unpaired) electrons. The van der Waals surface area contributed by atoms with Crippen molar-refractivity contribution in [2.24, 2.45) is 0 Å². The van der Waals surface area contributed by atoms with Gasteiger partial charge < -0.3 is 0 Å². The lowest BCUT2D eigenvalue weighted by atomic mass is 10.0. The summed E-state index contributed by atoms with van der Waals surface area (Å²) in [4.78, 5) is 0.